The zero-order chi connectivity index (χ0) is 17.4. The molecule has 0 aromatic heterocycles. The van der Waals surface area contributed by atoms with Crippen molar-refractivity contribution in [3.63, 3.8) is 0 Å². The molecule has 0 bridgehead atoms. The first-order valence-electron chi connectivity index (χ1n) is 7.20. The first kappa shape index (κ1) is 17.0. The summed E-state index contributed by atoms with van der Waals surface area (Å²) in [5, 5.41) is 11.2. The normalized spacial score (nSPS) is 9.67. The third-order valence-electron chi connectivity index (χ3n) is 3.23. The van der Waals surface area contributed by atoms with Crippen LogP contribution in [0.4, 0.5) is 0 Å². The summed E-state index contributed by atoms with van der Waals surface area (Å²) in [5.74, 6) is -0.536. The number of benzene rings is 2. The maximum Gasteiger partial charge on any atom is 0.325 e. The molecule has 6 heteroatoms. The molecule has 0 aliphatic heterocycles. The van der Waals surface area contributed by atoms with Gasteiger partial charge in [0.1, 0.15) is 18.9 Å². The van der Waals surface area contributed by atoms with Crippen molar-refractivity contribution in [1.29, 1.82) is 5.26 Å². The van der Waals surface area contributed by atoms with Crippen molar-refractivity contribution in [1.82, 2.24) is 5.32 Å². The molecule has 0 heterocycles. The molecule has 0 saturated carbocycles. The summed E-state index contributed by atoms with van der Waals surface area (Å²) in [6, 6.07) is 15.4. The van der Waals surface area contributed by atoms with Gasteiger partial charge < -0.3 is 14.8 Å². The molecular formula is C18H16N2O4. The van der Waals surface area contributed by atoms with E-state index in [2.05, 4.69) is 5.32 Å². The molecule has 0 radical (unpaired) electrons. The zero-order valence-electron chi connectivity index (χ0n) is 13.1. The Labute approximate surface area is 139 Å². The van der Waals surface area contributed by atoms with Crippen LogP contribution in [0.25, 0.3) is 0 Å². The van der Waals surface area contributed by atoms with E-state index < -0.39 is 11.9 Å². The number of methoxy groups -OCH3 is 1. The molecule has 0 atom stereocenters. The number of rotatable bonds is 6. The van der Waals surface area contributed by atoms with E-state index >= 15 is 0 Å². The fourth-order valence-corrected chi connectivity index (χ4v) is 1.97. The van der Waals surface area contributed by atoms with Gasteiger partial charge in [-0.25, -0.2) is 0 Å². The molecule has 0 spiro atoms. The van der Waals surface area contributed by atoms with Gasteiger partial charge in [0, 0.05) is 0 Å². The van der Waals surface area contributed by atoms with Crippen molar-refractivity contribution in [3.05, 3.63) is 65.2 Å². The average Bonchev–Trinajstić information content (AvgIpc) is 2.64. The van der Waals surface area contributed by atoms with Crippen molar-refractivity contribution in [2.75, 3.05) is 13.7 Å². The molecule has 0 saturated heterocycles. The summed E-state index contributed by atoms with van der Waals surface area (Å²) < 4.78 is 10.2. The highest BCUT2D eigenvalue weighted by Gasteiger charge is 2.13. The molecule has 0 fully saturated rings. The van der Waals surface area contributed by atoms with Gasteiger partial charge in [-0.1, -0.05) is 24.3 Å². The molecule has 0 aliphatic rings. The van der Waals surface area contributed by atoms with Gasteiger partial charge in [0.15, 0.2) is 0 Å². The number of hydrogen-bond donors (Lipinski definition) is 1. The molecule has 2 aromatic rings. The summed E-state index contributed by atoms with van der Waals surface area (Å²) in [7, 11) is 1.47. The second kappa shape index (κ2) is 8.34. The van der Waals surface area contributed by atoms with Crippen molar-refractivity contribution in [3.8, 4) is 11.8 Å². The van der Waals surface area contributed by atoms with Gasteiger partial charge >= 0.3 is 5.97 Å². The maximum absolute atomic E-state index is 12.0. The fraction of sp³-hybridized carbons (Fsp3) is 0.167. The first-order valence-corrected chi connectivity index (χ1v) is 7.20. The standard InChI is InChI=1S/C18H16N2O4/c1-23-16-5-3-2-4-15(16)18(22)20-11-17(21)24-12-14-8-6-13(10-19)7-9-14/h2-9H,11-12H2,1H3,(H,20,22). The van der Waals surface area contributed by atoms with Gasteiger partial charge in [-0.2, -0.15) is 5.26 Å². The Bertz CT molecular complexity index is 763. The first-order chi connectivity index (χ1) is 11.6. The molecule has 0 unspecified atom stereocenters. The lowest BCUT2D eigenvalue weighted by Gasteiger charge is -2.09. The fourth-order valence-electron chi connectivity index (χ4n) is 1.97. The Kier molecular flexibility index (Phi) is 5.92. The van der Waals surface area contributed by atoms with Gasteiger partial charge in [0.25, 0.3) is 5.91 Å². The Morgan fingerprint density at radius 3 is 2.50 bits per heavy atom. The Hall–Kier alpha value is -3.33. The minimum atomic E-state index is -0.553. The number of nitriles is 1. The number of nitrogens with one attached hydrogen (secondary N) is 1. The molecular weight excluding hydrogens is 308 g/mol. The number of para-hydroxylation sites is 1. The highest BCUT2D eigenvalue weighted by atomic mass is 16.5. The van der Waals surface area contributed by atoms with Gasteiger partial charge in [-0.15, -0.1) is 0 Å². The lowest BCUT2D eigenvalue weighted by molar-refractivity contribution is -0.143. The maximum atomic E-state index is 12.0. The lowest BCUT2D eigenvalue weighted by Crippen LogP contribution is -2.30. The average molecular weight is 324 g/mol. The number of carbonyl (C=O) groups is 2. The highest BCUT2D eigenvalue weighted by Crippen LogP contribution is 2.16. The van der Waals surface area contributed by atoms with Crippen LogP contribution in [-0.4, -0.2) is 25.5 Å². The molecule has 2 rings (SSSR count). The van der Waals surface area contributed by atoms with Crippen LogP contribution >= 0.6 is 0 Å². The van der Waals surface area contributed by atoms with Crippen molar-refractivity contribution < 1.29 is 19.1 Å². The molecule has 6 nitrogen and oxygen atoms in total. The Morgan fingerprint density at radius 2 is 1.83 bits per heavy atom. The lowest BCUT2D eigenvalue weighted by atomic mass is 10.2. The van der Waals surface area contributed by atoms with Crippen LogP contribution in [0.2, 0.25) is 0 Å². The minimum Gasteiger partial charge on any atom is -0.496 e. The topological polar surface area (TPSA) is 88.4 Å². The van der Waals surface area contributed by atoms with E-state index in [1.54, 1.807) is 48.5 Å². The number of hydrogen-bond acceptors (Lipinski definition) is 5. The number of ether oxygens (including phenoxy) is 2. The number of nitrogens with zero attached hydrogens (tertiary/aromatic N) is 1. The Morgan fingerprint density at radius 1 is 1.12 bits per heavy atom. The predicted molar refractivity (Wildman–Crippen MR) is 86.3 cm³/mol. The third-order valence-corrected chi connectivity index (χ3v) is 3.23. The quantitative estimate of drug-likeness (QED) is 0.822. The molecule has 0 aliphatic carbocycles. The van der Waals surface area contributed by atoms with Gasteiger partial charge in [0.2, 0.25) is 0 Å². The summed E-state index contributed by atoms with van der Waals surface area (Å²) in [6.07, 6.45) is 0. The van der Waals surface area contributed by atoms with Crippen LogP contribution in [0, 0.1) is 11.3 Å². The van der Waals surface area contributed by atoms with E-state index in [1.165, 1.54) is 7.11 Å². The van der Waals surface area contributed by atoms with Crippen LogP contribution in [0.1, 0.15) is 21.5 Å². The monoisotopic (exact) mass is 324 g/mol. The second-order valence-electron chi connectivity index (χ2n) is 4.85. The summed E-state index contributed by atoms with van der Waals surface area (Å²) in [4.78, 5) is 23.8. The molecule has 24 heavy (non-hydrogen) atoms. The summed E-state index contributed by atoms with van der Waals surface area (Å²) in [6.45, 7) is -0.164. The van der Waals surface area contributed by atoms with E-state index in [-0.39, 0.29) is 13.2 Å². The summed E-state index contributed by atoms with van der Waals surface area (Å²) >= 11 is 0. The van der Waals surface area contributed by atoms with E-state index in [0.717, 1.165) is 5.56 Å². The number of esters is 1. The SMILES string of the molecule is COc1ccccc1C(=O)NCC(=O)OCc1ccc(C#N)cc1. The van der Waals surface area contributed by atoms with E-state index in [0.29, 0.717) is 16.9 Å². The smallest absolute Gasteiger partial charge is 0.325 e. The van der Waals surface area contributed by atoms with E-state index in [1.807, 2.05) is 6.07 Å². The third kappa shape index (κ3) is 4.58. The largest absolute Gasteiger partial charge is 0.496 e. The molecule has 2 aromatic carbocycles. The Balaban J connectivity index is 1.82. The van der Waals surface area contributed by atoms with Crippen molar-refractivity contribution in [2.24, 2.45) is 0 Å². The van der Waals surface area contributed by atoms with Gasteiger partial charge in [-0.05, 0) is 29.8 Å². The molecule has 1 N–H and O–H groups in total. The van der Waals surface area contributed by atoms with Crippen LogP contribution in [0.5, 0.6) is 5.75 Å². The van der Waals surface area contributed by atoms with Crippen LogP contribution < -0.4 is 10.1 Å². The molecule has 122 valence electrons. The number of carbonyl (C=O) groups excluding carboxylic acids is 2. The van der Waals surface area contributed by atoms with Crippen LogP contribution in [0.15, 0.2) is 48.5 Å². The van der Waals surface area contributed by atoms with Crippen LogP contribution in [-0.2, 0) is 16.1 Å². The zero-order valence-corrected chi connectivity index (χ0v) is 13.1. The highest BCUT2D eigenvalue weighted by molar-refractivity contribution is 5.98. The van der Waals surface area contributed by atoms with Crippen molar-refractivity contribution >= 4 is 11.9 Å². The van der Waals surface area contributed by atoms with Gasteiger partial charge in [0.05, 0.1) is 24.3 Å². The van der Waals surface area contributed by atoms with Gasteiger partial charge in [-0.3, -0.25) is 9.59 Å². The molecule has 1 amide bonds. The van der Waals surface area contributed by atoms with Crippen molar-refractivity contribution in [2.45, 2.75) is 6.61 Å². The van der Waals surface area contributed by atoms with Crippen LogP contribution in [0.3, 0.4) is 0 Å². The summed E-state index contributed by atoms with van der Waals surface area (Å²) in [5.41, 5.74) is 1.65. The van der Waals surface area contributed by atoms with E-state index in [9.17, 15) is 9.59 Å². The minimum absolute atomic E-state index is 0.0784. The number of amides is 1. The second-order valence-corrected chi connectivity index (χ2v) is 4.85. The predicted octanol–water partition coefficient (Wildman–Crippen LogP) is 2.04. The van der Waals surface area contributed by atoms with E-state index in [4.69, 9.17) is 14.7 Å².